The molecule has 1 saturated heterocycles. The van der Waals surface area contributed by atoms with Crippen LogP contribution in [-0.4, -0.2) is 48.5 Å². The molecule has 2 aromatic rings. The van der Waals surface area contributed by atoms with Gasteiger partial charge in [0.15, 0.2) is 12.1 Å². The molecule has 1 aliphatic heterocycles. The second-order valence-corrected chi connectivity index (χ2v) is 7.11. The van der Waals surface area contributed by atoms with E-state index in [9.17, 15) is 4.79 Å². The van der Waals surface area contributed by atoms with E-state index in [0.29, 0.717) is 18.8 Å². The maximum absolute atomic E-state index is 11.1. The Labute approximate surface area is 176 Å². The molecule has 3 atom stereocenters. The van der Waals surface area contributed by atoms with Gasteiger partial charge in [0, 0.05) is 23.1 Å². The van der Waals surface area contributed by atoms with E-state index in [1.807, 2.05) is 31.2 Å². The number of carbonyl (C=O) groups excluding carboxylic acids is 1. The lowest BCUT2D eigenvalue weighted by Crippen LogP contribution is -2.39. The van der Waals surface area contributed by atoms with Gasteiger partial charge in [-0.15, -0.1) is 5.10 Å². The number of benzene rings is 1. The molecule has 0 spiro atoms. The van der Waals surface area contributed by atoms with Gasteiger partial charge in [0.2, 0.25) is 0 Å². The van der Waals surface area contributed by atoms with Gasteiger partial charge in [-0.05, 0) is 26.2 Å². The normalized spacial score (nSPS) is 22.0. The second-order valence-electron chi connectivity index (χ2n) is 7.11. The maximum Gasteiger partial charge on any atom is 0.305 e. The standard InChI is InChI=1S/C22H28N4O4/c1-16-29-15-18(10-5-3-4-6-12-21(27)28-2)20(30-16)14-24-26-22-19-11-8-7-9-17(19)13-23-25-22/h3,5,7-9,11,13-14,16,18,20H,4,6,10,12,15H2,1-2H3,(H,25,26)/b5-3-,24-14?/t16-,18+,20+/m1/s1. The molecule has 2 heterocycles. The van der Waals surface area contributed by atoms with Gasteiger partial charge in [-0.3, -0.25) is 10.2 Å². The summed E-state index contributed by atoms with van der Waals surface area (Å²) in [5.74, 6) is 0.583. The molecule has 0 amide bonds. The minimum Gasteiger partial charge on any atom is -0.469 e. The summed E-state index contributed by atoms with van der Waals surface area (Å²) in [4.78, 5) is 11.1. The summed E-state index contributed by atoms with van der Waals surface area (Å²) in [6.45, 7) is 2.47. The molecule has 1 aliphatic rings. The number of fused-ring (bicyclic) bond motifs is 1. The lowest BCUT2D eigenvalue weighted by molar-refractivity contribution is -0.206. The number of hydrogen-bond donors (Lipinski definition) is 1. The molecule has 1 N–H and O–H groups in total. The van der Waals surface area contributed by atoms with E-state index in [0.717, 1.165) is 30.0 Å². The minimum absolute atomic E-state index is 0.155. The number of allylic oxidation sites excluding steroid dienone is 2. The van der Waals surface area contributed by atoms with Crippen molar-refractivity contribution in [2.75, 3.05) is 19.1 Å². The van der Waals surface area contributed by atoms with E-state index in [2.05, 4.69) is 37.6 Å². The number of methoxy groups -OCH3 is 1. The molecule has 3 rings (SSSR count). The summed E-state index contributed by atoms with van der Waals surface area (Å²) in [5, 5.41) is 14.5. The van der Waals surface area contributed by atoms with Gasteiger partial charge < -0.3 is 14.2 Å². The zero-order chi connectivity index (χ0) is 21.2. The van der Waals surface area contributed by atoms with Crippen molar-refractivity contribution in [3.05, 3.63) is 42.6 Å². The molecule has 0 saturated carbocycles. The predicted octanol–water partition coefficient (Wildman–Crippen LogP) is 3.69. The van der Waals surface area contributed by atoms with Gasteiger partial charge in [0.05, 0.1) is 26.1 Å². The number of hydrazone groups is 1. The van der Waals surface area contributed by atoms with Crippen LogP contribution < -0.4 is 5.43 Å². The molecule has 0 radical (unpaired) electrons. The monoisotopic (exact) mass is 412 g/mol. The summed E-state index contributed by atoms with van der Waals surface area (Å²) in [5.41, 5.74) is 2.98. The number of esters is 1. The van der Waals surface area contributed by atoms with Gasteiger partial charge >= 0.3 is 5.97 Å². The molecule has 8 heteroatoms. The lowest BCUT2D eigenvalue weighted by Gasteiger charge is -2.32. The van der Waals surface area contributed by atoms with Gasteiger partial charge in [0.25, 0.3) is 0 Å². The zero-order valence-corrected chi connectivity index (χ0v) is 17.4. The fourth-order valence-corrected chi connectivity index (χ4v) is 3.22. The number of unbranched alkanes of at least 4 members (excludes halogenated alkanes) is 1. The van der Waals surface area contributed by atoms with Crippen molar-refractivity contribution in [1.82, 2.24) is 10.2 Å². The first-order valence-corrected chi connectivity index (χ1v) is 10.2. The van der Waals surface area contributed by atoms with Crippen LogP contribution in [-0.2, 0) is 19.0 Å². The van der Waals surface area contributed by atoms with Gasteiger partial charge in [-0.1, -0.05) is 36.4 Å². The topological polar surface area (TPSA) is 94.9 Å². The third-order valence-electron chi connectivity index (χ3n) is 4.91. The first kappa shape index (κ1) is 21.9. The Morgan fingerprint density at radius 3 is 3.10 bits per heavy atom. The van der Waals surface area contributed by atoms with Crippen molar-refractivity contribution in [3.8, 4) is 0 Å². The molecule has 1 aromatic heterocycles. The van der Waals surface area contributed by atoms with E-state index in [4.69, 9.17) is 9.47 Å². The van der Waals surface area contributed by atoms with Crippen LogP contribution in [0.15, 0.2) is 47.7 Å². The van der Waals surface area contributed by atoms with Crippen molar-refractivity contribution >= 4 is 28.8 Å². The summed E-state index contributed by atoms with van der Waals surface area (Å²) < 4.78 is 16.2. The van der Waals surface area contributed by atoms with Crippen molar-refractivity contribution in [2.45, 2.75) is 45.0 Å². The Morgan fingerprint density at radius 2 is 2.23 bits per heavy atom. The number of aromatic nitrogens is 2. The van der Waals surface area contributed by atoms with Crippen LogP contribution in [0.4, 0.5) is 5.82 Å². The zero-order valence-electron chi connectivity index (χ0n) is 17.4. The first-order chi connectivity index (χ1) is 14.7. The fraction of sp³-hybridized carbons (Fsp3) is 0.455. The minimum atomic E-state index is -0.279. The van der Waals surface area contributed by atoms with Gasteiger partial charge in [-0.25, -0.2) is 0 Å². The summed E-state index contributed by atoms with van der Waals surface area (Å²) >= 11 is 0. The predicted molar refractivity (Wildman–Crippen MR) is 115 cm³/mol. The van der Waals surface area contributed by atoms with Crippen molar-refractivity contribution < 1.29 is 19.0 Å². The summed E-state index contributed by atoms with van der Waals surface area (Å²) in [6, 6.07) is 7.87. The molecular formula is C22H28N4O4. The van der Waals surface area contributed by atoms with Crippen molar-refractivity contribution in [2.24, 2.45) is 11.0 Å². The van der Waals surface area contributed by atoms with E-state index in [1.54, 1.807) is 12.4 Å². The quantitative estimate of drug-likeness (QED) is 0.221. The third kappa shape index (κ3) is 6.33. The van der Waals surface area contributed by atoms with Crippen LogP contribution >= 0.6 is 0 Å². The van der Waals surface area contributed by atoms with E-state index in [1.165, 1.54) is 7.11 Å². The molecular weight excluding hydrogens is 384 g/mol. The van der Waals surface area contributed by atoms with Crippen molar-refractivity contribution in [3.63, 3.8) is 0 Å². The lowest BCUT2D eigenvalue weighted by atomic mass is 9.98. The Morgan fingerprint density at radius 1 is 1.37 bits per heavy atom. The van der Waals surface area contributed by atoms with E-state index < -0.39 is 0 Å². The molecule has 1 aromatic carbocycles. The highest BCUT2D eigenvalue weighted by atomic mass is 16.7. The Kier molecular flexibility index (Phi) is 8.29. The van der Waals surface area contributed by atoms with Crippen LogP contribution in [0.1, 0.15) is 32.6 Å². The summed E-state index contributed by atoms with van der Waals surface area (Å²) in [6.07, 6.45) is 10.1. The highest BCUT2D eigenvalue weighted by molar-refractivity contribution is 5.90. The van der Waals surface area contributed by atoms with Crippen LogP contribution in [0.5, 0.6) is 0 Å². The Bertz CT molecular complexity index is 881. The average molecular weight is 412 g/mol. The van der Waals surface area contributed by atoms with Crippen molar-refractivity contribution in [1.29, 1.82) is 0 Å². The average Bonchev–Trinajstić information content (AvgIpc) is 2.77. The van der Waals surface area contributed by atoms with Crippen LogP contribution in [0.25, 0.3) is 10.8 Å². The number of rotatable bonds is 9. The molecule has 8 nitrogen and oxygen atoms in total. The SMILES string of the molecule is COC(=O)CCC/C=C\C[C@H]1CO[C@@H](C)O[C@H]1C=NNc1nncc2ccccc12. The number of nitrogens with zero attached hydrogens (tertiary/aromatic N) is 3. The van der Waals surface area contributed by atoms with Crippen LogP contribution in [0.2, 0.25) is 0 Å². The molecule has 0 unspecified atom stereocenters. The molecule has 30 heavy (non-hydrogen) atoms. The molecule has 160 valence electrons. The Hall–Kier alpha value is -2.84. The highest BCUT2D eigenvalue weighted by Gasteiger charge is 2.28. The number of nitrogens with one attached hydrogen (secondary N) is 1. The third-order valence-corrected chi connectivity index (χ3v) is 4.91. The van der Waals surface area contributed by atoms with E-state index >= 15 is 0 Å². The highest BCUT2D eigenvalue weighted by Crippen LogP contribution is 2.22. The van der Waals surface area contributed by atoms with Crippen LogP contribution in [0, 0.1) is 5.92 Å². The molecule has 1 fully saturated rings. The van der Waals surface area contributed by atoms with Gasteiger partial charge in [0.1, 0.15) is 6.10 Å². The molecule has 0 bridgehead atoms. The van der Waals surface area contributed by atoms with Gasteiger partial charge in [-0.2, -0.15) is 10.2 Å². The number of anilines is 1. The van der Waals surface area contributed by atoms with Crippen LogP contribution in [0.3, 0.4) is 0 Å². The number of ether oxygens (including phenoxy) is 3. The smallest absolute Gasteiger partial charge is 0.305 e. The first-order valence-electron chi connectivity index (χ1n) is 10.2. The Balaban J connectivity index is 1.54. The largest absolute Gasteiger partial charge is 0.469 e. The second kappa shape index (κ2) is 11.4. The number of carbonyl (C=O) groups is 1. The fourth-order valence-electron chi connectivity index (χ4n) is 3.22. The number of hydrogen-bond acceptors (Lipinski definition) is 8. The summed E-state index contributed by atoms with van der Waals surface area (Å²) in [7, 11) is 1.41. The molecule has 0 aliphatic carbocycles. The van der Waals surface area contributed by atoms with E-state index in [-0.39, 0.29) is 24.3 Å². The maximum atomic E-state index is 11.1.